The van der Waals surface area contributed by atoms with E-state index in [2.05, 4.69) is 5.32 Å². The molecular formula is C10H22N2O. The Morgan fingerprint density at radius 1 is 1.31 bits per heavy atom. The van der Waals surface area contributed by atoms with Crippen LogP contribution < -0.4 is 11.1 Å². The molecular weight excluding hydrogens is 164 g/mol. The van der Waals surface area contributed by atoms with E-state index in [4.69, 9.17) is 10.5 Å². The fraction of sp³-hybridized carbons (Fsp3) is 1.00. The average molecular weight is 186 g/mol. The molecule has 1 aliphatic rings. The summed E-state index contributed by atoms with van der Waals surface area (Å²) < 4.78 is 4.99. The molecule has 0 amide bonds. The molecule has 3 nitrogen and oxygen atoms in total. The van der Waals surface area contributed by atoms with Crippen LogP contribution in [-0.2, 0) is 4.74 Å². The third-order valence-electron chi connectivity index (χ3n) is 2.73. The first-order valence-electron chi connectivity index (χ1n) is 5.31. The Labute approximate surface area is 81.0 Å². The van der Waals surface area contributed by atoms with Crippen LogP contribution in [0.3, 0.4) is 0 Å². The van der Waals surface area contributed by atoms with Gasteiger partial charge in [0.1, 0.15) is 0 Å². The highest BCUT2D eigenvalue weighted by Gasteiger charge is 2.17. The van der Waals surface area contributed by atoms with Crippen LogP contribution >= 0.6 is 0 Å². The van der Waals surface area contributed by atoms with Crippen LogP contribution in [0.4, 0.5) is 0 Å². The lowest BCUT2D eigenvalue weighted by Gasteiger charge is -2.26. The molecule has 0 spiro atoms. The standard InChI is InChI=1S/C10H22N2O/c1-13-8-2-7-12-10-5-3-9(11)4-6-10/h9-10,12H,2-8,11H2,1H3. The largest absolute Gasteiger partial charge is 0.385 e. The first-order valence-corrected chi connectivity index (χ1v) is 5.31. The lowest BCUT2D eigenvalue weighted by atomic mass is 9.92. The molecule has 1 fully saturated rings. The van der Waals surface area contributed by atoms with Crippen LogP contribution in [0.25, 0.3) is 0 Å². The third kappa shape index (κ3) is 4.60. The van der Waals surface area contributed by atoms with Gasteiger partial charge in [-0.15, -0.1) is 0 Å². The summed E-state index contributed by atoms with van der Waals surface area (Å²) in [4.78, 5) is 0. The summed E-state index contributed by atoms with van der Waals surface area (Å²) in [5.41, 5.74) is 5.83. The summed E-state index contributed by atoms with van der Waals surface area (Å²) in [5, 5.41) is 3.54. The van der Waals surface area contributed by atoms with Crippen molar-refractivity contribution in [2.75, 3.05) is 20.3 Å². The van der Waals surface area contributed by atoms with E-state index < -0.39 is 0 Å². The summed E-state index contributed by atoms with van der Waals surface area (Å²) in [7, 11) is 1.75. The van der Waals surface area contributed by atoms with Gasteiger partial charge in [-0.1, -0.05) is 0 Å². The van der Waals surface area contributed by atoms with E-state index in [0.29, 0.717) is 12.1 Å². The SMILES string of the molecule is COCCCNC1CCC(N)CC1. The third-order valence-corrected chi connectivity index (χ3v) is 2.73. The van der Waals surface area contributed by atoms with Crippen molar-refractivity contribution >= 4 is 0 Å². The summed E-state index contributed by atoms with van der Waals surface area (Å²) in [5.74, 6) is 0. The molecule has 0 radical (unpaired) electrons. The molecule has 3 N–H and O–H groups in total. The van der Waals surface area contributed by atoms with Crippen molar-refractivity contribution in [2.24, 2.45) is 5.73 Å². The molecule has 1 saturated carbocycles. The molecule has 1 rings (SSSR count). The second-order valence-electron chi connectivity index (χ2n) is 3.91. The van der Waals surface area contributed by atoms with Crippen molar-refractivity contribution in [3.63, 3.8) is 0 Å². The number of rotatable bonds is 5. The average Bonchev–Trinajstić information content (AvgIpc) is 2.15. The lowest BCUT2D eigenvalue weighted by Crippen LogP contribution is -2.37. The van der Waals surface area contributed by atoms with Crippen molar-refractivity contribution in [2.45, 2.75) is 44.2 Å². The van der Waals surface area contributed by atoms with E-state index in [9.17, 15) is 0 Å². The molecule has 0 aromatic heterocycles. The molecule has 0 saturated heterocycles. The Balaban J connectivity index is 1.96. The van der Waals surface area contributed by atoms with Gasteiger partial charge in [-0.2, -0.15) is 0 Å². The number of methoxy groups -OCH3 is 1. The molecule has 0 aliphatic heterocycles. The topological polar surface area (TPSA) is 47.3 Å². The van der Waals surface area contributed by atoms with E-state index >= 15 is 0 Å². The summed E-state index contributed by atoms with van der Waals surface area (Å²) in [6.45, 7) is 1.94. The van der Waals surface area contributed by atoms with Crippen LogP contribution in [0.15, 0.2) is 0 Å². The number of hydrogen-bond acceptors (Lipinski definition) is 3. The van der Waals surface area contributed by atoms with Crippen LogP contribution in [0, 0.1) is 0 Å². The second kappa shape index (κ2) is 6.35. The Hall–Kier alpha value is -0.120. The van der Waals surface area contributed by atoms with E-state index in [1.54, 1.807) is 7.11 Å². The zero-order valence-corrected chi connectivity index (χ0v) is 8.59. The van der Waals surface area contributed by atoms with Gasteiger partial charge in [0.15, 0.2) is 0 Å². The zero-order chi connectivity index (χ0) is 9.52. The fourth-order valence-electron chi connectivity index (χ4n) is 1.85. The normalized spacial score (nSPS) is 29.1. The van der Waals surface area contributed by atoms with Crippen molar-refractivity contribution in [3.8, 4) is 0 Å². The Bertz CT molecular complexity index is 122. The molecule has 0 atom stereocenters. The minimum absolute atomic E-state index is 0.456. The maximum absolute atomic E-state index is 5.83. The summed E-state index contributed by atoms with van der Waals surface area (Å²) >= 11 is 0. The van der Waals surface area contributed by atoms with E-state index in [1.807, 2.05) is 0 Å². The molecule has 0 aromatic rings. The molecule has 3 heteroatoms. The Morgan fingerprint density at radius 3 is 2.62 bits per heavy atom. The first kappa shape index (κ1) is 11.0. The highest BCUT2D eigenvalue weighted by atomic mass is 16.5. The fourth-order valence-corrected chi connectivity index (χ4v) is 1.85. The van der Waals surface area contributed by atoms with Gasteiger partial charge >= 0.3 is 0 Å². The van der Waals surface area contributed by atoms with E-state index in [1.165, 1.54) is 25.7 Å². The van der Waals surface area contributed by atoms with Crippen molar-refractivity contribution in [1.29, 1.82) is 0 Å². The van der Waals surface area contributed by atoms with Gasteiger partial charge in [-0.05, 0) is 38.6 Å². The van der Waals surface area contributed by atoms with Gasteiger partial charge in [-0.25, -0.2) is 0 Å². The minimum atomic E-state index is 0.456. The Kier molecular flexibility index (Phi) is 5.35. The number of hydrogen-bond donors (Lipinski definition) is 2. The van der Waals surface area contributed by atoms with Gasteiger partial charge in [0, 0.05) is 25.8 Å². The quantitative estimate of drug-likeness (QED) is 0.627. The van der Waals surface area contributed by atoms with E-state index in [0.717, 1.165) is 19.6 Å². The first-order chi connectivity index (χ1) is 6.33. The van der Waals surface area contributed by atoms with Crippen LogP contribution in [0.5, 0.6) is 0 Å². The predicted molar refractivity (Wildman–Crippen MR) is 54.7 cm³/mol. The molecule has 1 aliphatic carbocycles. The predicted octanol–water partition coefficient (Wildman–Crippen LogP) is 0.882. The maximum atomic E-state index is 5.83. The van der Waals surface area contributed by atoms with Crippen LogP contribution in [-0.4, -0.2) is 32.3 Å². The molecule has 0 bridgehead atoms. The van der Waals surface area contributed by atoms with Gasteiger partial charge in [0.05, 0.1) is 0 Å². The second-order valence-corrected chi connectivity index (χ2v) is 3.91. The van der Waals surface area contributed by atoms with Gasteiger partial charge in [0.2, 0.25) is 0 Å². The summed E-state index contributed by atoms with van der Waals surface area (Å²) in [6, 6.07) is 1.16. The molecule has 0 unspecified atom stereocenters. The maximum Gasteiger partial charge on any atom is 0.0474 e. The highest BCUT2D eigenvalue weighted by molar-refractivity contribution is 4.78. The molecule has 0 heterocycles. The monoisotopic (exact) mass is 186 g/mol. The van der Waals surface area contributed by atoms with Crippen molar-refractivity contribution < 1.29 is 4.74 Å². The molecule has 78 valence electrons. The van der Waals surface area contributed by atoms with E-state index in [-0.39, 0.29) is 0 Å². The number of nitrogens with one attached hydrogen (secondary N) is 1. The van der Waals surface area contributed by atoms with Crippen molar-refractivity contribution in [1.82, 2.24) is 5.32 Å². The molecule has 13 heavy (non-hydrogen) atoms. The summed E-state index contributed by atoms with van der Waals surface area (Å²) in [6.07, 6.45) is 5.96. The minimum Gasteiger partial charge on any atom is -0.385 e. The molecule has 0 aromatic carbocycles. The Morgan fingerprint density at radius 2 is 2.00 bits per heavy atom. The smallest absolute Gasteiger partial charge is 0.0474 e. The van der Waals surface area contributed by atoms with Gasteiger partial charge < -0.3 is 15.8 Å². The van der Waals surface area contributed by atoms with Crippen molar-refractivity contribution in [3.05, 3.63) is 0 Å². The van der Waals surface area contributed by atoms with Crippen LogP contribution in [0.1, 0.15) is 32.1 Å². The zero-order valence-electron chi connectivity index (χ0n) is 8.59. The highest BCUT2D eigenvalue weighted by Crippen LogP contribution is 2.16. The number of ether oxygens (including phenoxy) is 1. The number of nitrogens with two attached hydrogens (primary N) is 1. The van der Waals surface area contributed by atoms with Gasteiger partial charge in [0.25, 0.3) is 0 Å². The lowest BCUT2D eigenvalue weighted by molar-refractivity contribution is 0.191. The van der Waals surface area contributed by atoms with Gasteiger partial charge in [-0.3, -0.25) is 0 Å². The van der Waals surface area contributed by atoms with Crippen LogP contribution in [0.2, 0.25) is 0 Å².